The molecular formula is C25H33ClN2O2. The van der Waals surface area contributed by atoms with Crippen molar-refractivity contribution in [1.29, 1.82) is 0 Å². The molecule has 2 aromatic rings. The van der Waals surface area contributed by atoms with Gasteiger partial charge in [0, 0.05) is 24.0 Å². The molecule has 2 aromatic carbocycles. The molecule has 162 valence electrons. The fraction of sp³-hybridized carbons (Fsp3) is 0.440. The number of hydrogen-bond donors (Lipinski definition) is 1. The molecular weight excluding hydrogens is 396 g/mol. The summed E-state index contributed by atoms with van der Waals surface area (Å²) in [6, 6.07) is 15.3. The third-order valence-corrected chi connectivity index (χ3v) is 5.75. The summed E-state index contributed by atoms with van der Waals surface area (Å²) in [5, 5.41) is 3.64. The fourth-order valence-electron chi connectivity index (χ4n) is 3.17. The van der Waals surface area contributed by atoms with Crippen LogP contribution in [0, 0.1) is 0 Å². The minimum atomic E-state index is -0.551. The second-order valence-electron chi connectivity index (χ2n) is 7.81. The maximum atomic E-state index is 13.1. The van der Waals surface area contributed by atoms with Crippen molar-refractivity contribution >= 4 is 23.4 Å². The molecule has 0 aromatic heterocycles. The van der Waals surface area contributed by atoms with Gasteiger partial charge in [0.25, 0.3) is 0 Å². The zero-order valence-electron chi connectivity index (χ0n) is 18.5. The number of halogens is 1. The topological polar surface area (TPSA) is 49.4 Å². The van der Waals surface area contributed by atoms with Crippen LogP contribution in [0.4, 0.5) is 0 Å². The molecule has 0 saturated carbocycles. The van der Waals surface area contributed by atoms with Crippen molar-refractivity contribution in [2.24, 2.45) is 0 Å². The van der Waals surface area contributed by atoms with E-state index in [1.54, 1.807) is 24.0 Å². The van der Waals surface area contributed by atoms with Crippen LogP contribution in [0.5, 0.6) is 0 Å². The van der Waals surface area contributed by atoms with E-state index in [1.165, 1.54) is 5.56 Å². The van der Waals surface area contributed by atoms with E-state index in [1.807, 2.05) is 26.0 Å². The van der Waals surface area contributed by atoms with Crippen molar-refractivity contribution in [3.8, 4) is 0 Å². The second kappa shape index (κ2) is 11.8. The zero-order chi connectivity index (χ0) is 22.1. The lowest BCUT2D eigenvalue weighted by atomic mass is 10.0. The molecule has 30 heavy (non-hydrogen) atoms. The van der Waals surface area contributed by atoms with Crippen molar-refractivity contribution in [1.82, 2.24) is 10.2 Å². The average molecular weight is 429 g/mol. The van der Waals surface area contributed by atoms with Gasteiger partial charge in [-0.15, -0.1) is 0 Å². The van der Waals surface area contributed by atoms with Crippen LogP contribution >= 0.6 is 11.6 Å². The van der Waals surface area contributed by atoms with E-state index in [9.17, 15) is 9.59 Å². The largest absolute Gasteiger partial charge is 0.352 e. The Morgan fingerprint density at radius 1 is 0.933 bits per heavy atom. The molecule has 0 saturated heterocycles. The highest BCUT2D eigenvalue weighted by Crippen LogP contribution is 2.16. The van der Waals surface area contributed by atoms with Gasteiger partial charge in [-0.1, -0.05) is 61.8 Å². The monoisotopic (exact) mass is 428 g/mol. The highest BCUT2D eigenvalue weighted by molar-refractivity contribution is 6.30. The van der Waals surface area contributed by atoms with E-state index in [-0.39, 0.29) is 17.9 Å². The van der Waals surface area contributed by atoms with Crippen molar-refractivity contribution in [3.63, 3.8) is 0 Å². The van der Waals surface area contributed by atoms with Crippen molar-refractivity contribution in [3.05, 3.63) is 70.2 Å². The van der Waals surface area contributed by atoms with Crippen LogP contribution in [0.25, 0.3) is 0 Å². The Morgan fingerprint density at radius 3 is 2.07 bits per heavy atom. The van der Waals surface area contributed by atoms with E-state index in [0.29, 0.717) is 24.4 Å². The number of aryl methyl sites for hydroxylation is 2. The SMILES string of the molecule is CCc1ccc(CCC(=O)N(Cc2ccc(Cl)cc2)C(C)C(=O)NC(C)CC)cc1. The van der Waals surface area contributed by atoms with Crippen LogP contribution in [0.15, 0.2) is 48.5 Å². The lowest BCUT2D eigenvalue weighted by Gasteiger charge is -2.30. The first-order valence-corrected chi connectivity index (χ1v) is 11.1. The normalized spacial score (nSPS) is 12.8. The molecule has 0 aliphatic heterocycles. The fourth-order valence-corrected chi connectivity index (χ4v) is 3.30. The first-order chi connectivity index (χ1) is 14.3. The van der Waals surface area contributed by atoms with Gasteiger partial charge in [-0.3, -0.25) is 9.59 Å². The molecule has 1 N–H and O–H groups in total. The number of carbonyl (C=O) groups is 2. The second-order valence-corrected chi connectivity index (χ2v) is 8.25. The summed E-state index contributed by atoms with van der Waals surface area (Å²) in [4.78, 5) is 27.5. The maximum Gasteiger partial charge on any atom is 0.242 e. The number of nitrogens with one attached hydrogen (secondary N) is 1. The minimum Gasteiger partial charge on any atom is -0.352 e. The number of benzene rings is 2. The van der Waals surface area contributed by atoms with Crippen LogP contribution in [0.3, 0.4) is 0 Å². The summed E-state index contributed by atoms with van der Waals surface area (Å²) in [5.41, 5.74) is 3.36. The van der Waals surface area contributed by atoms with Gasteiger partial charge in [-0.05, 0) is 61.9 Å². The third-order valence-electron chi connectivity index (χ3n) is 5.49. The maximum absolute atomic E-state index is 13.1. The molecule has 0 aliphatic carbocycles. The lowest BCUT2D eigenvalue weighted by Crippen LogP contribution is -2.49. The van der Waals surface area contributed by atoms with E-state index in [0.717, 1.165) is 24.0 Å². The van der Waals surface area contributed by atoms with Crippen LogP contribution in [0.1, 0.15) is 57.2 Å². The Bertz CT molecular complexity index is 818. The molecule has 2 amide bonds. The molecule has 0 heterocycles. The first kappa shape index (κ1) is 23.9. The highest BCUT2D eigenvalue weighted by Gasteiger charge is 2.26. The minimum absolute atomic E-state index is 0.0312. The van der Waals surface area contributed by atoms with E-state index in [2.05, 4.69) is 36.5 Å². The van der Waals surface area contributed by atoms with Gasteiger partial charge in [-0.25, -0.2) is 0 Å². The Hall–Kier alpha value is -2.33. The number of hydrogen-bond acceptors (Lipinski definition) is 2. The Morgan fingerprint density at radius 2 is 1.50 bits per heavy atom. The van der Waals surface area contributed by atoms with Crippen molar-refractivity contribution < 1.29 is 9.59 Å². The van der Waals surface area contributed by atoms with Gasteiger partial charge in [0.2, 0.25) is 11.8 Å². The molecule has 0 fully saturated rings. The lowest BCUT2D eigenvalue weighted by molar-refractivity contribution is -0.140. The predicted molar refractivity (Wildman–Crippen MR) is 124 cm³/mol. The van der Waals surface area contributed by atoms with Gasteiger partial charge >= 0.3 is 0 Å². The van der Waals surface area contributed by atoms with E-state index in [4.69, 9.17) is 11.6 Å². The molecule has 2 rings (SSSR count). The standard InChI is InChI=1S/C25H33ClN2O2/c1-5-18(3)27-25(30)19(4)28(17-22-11-14-23(26)15-12-22)24(29)16-13-21-9-7-20(6-2)8-10-21/h7-12,14-15,18-19H,5-6,13,16-17H2,1-4H3,(H,27,30). The van der Waals surface area contributed by atoms with Crippen LogP contribution in [-0.2, 0) is 29.0 Å². The molecule has 2 unspecified atom stereocenters. The Labute approximate surface area is 185 Å². The molecule has 2 atom stereocenters. The summed E-state index contributed by atoms with van der Waals surface area (Å²) in [6.07, 6.45) is 2.86. The number of nitrogens with zero attached hydrogens (tertiary/aromatic N) is 1. The first-order valence-electron chi connectivity index (χ1n) is 10.8. The average Bonchev–Trinajstić information content (AvgIpc) is 2.76. The van der Waals surface area contributed by atoms with Crippen LogP contribution in [0.2, 0.25) is 5.02 Å². The molecule has 0 radical (unpaired) electrons. The highest BCUT2D eigenvalue weighted by atomic mass is 35.5. The van der Waals surface area contributed by atoms with Crippen molar-refractivity contribution in [2.45, 2.75) is 72.0 Å². The number of amides is 2. The van der Waals surface area contributed by atoms with Gasteiger partial charge in [-0.2, -0.15) is 0 Å². The molecule has 0 aliphatic rings. The summed E-state index contributed by atoms with van der Waals surface area (Å²) in [6.45, 7) is 8.28. The van der Waals surface area contributed by atoms with Gasteiger partial charge in [0.15, 0.2) is 0 Å². The smallest absolute Gasteiger partial charge is 0.242 e. The van der Waals surface area contributed by atoms with Gasteiger partial charge in [0.1, 0.15) is 6.04 Å². The molecule has 0 spiro atoms. The Kier molecular flexibility index (Phi) is 9.38. The van der Waals surface area contributed by atoms with Crippen LogP contribution < -0.4 is 5.32 Å². The Balaban J connectivity index is 2.12. The van der Waals surface area contributed by atoms with E-state index < -0.39 is 6.04 Å². The molecule has 5 heteroatoms. The third kappa shape index (κ3) is 7.17. The quantitative estimate of drug-likeness (QED) is 0.567. The van der Waals surface area contributed by atoms with Gasteiger partial charge in [0.05, 0.1) is 0 Å². The molecule has 4 nitrogen and oxygen atoms in total. The number of rotatable bonds is 10. The van der Waals surface area contributed by atoms with Gasteiger partial charge < -0.3 is 10.2 Å². The van der Waals surface area contributed by atoms with Crippen LogP contribution in [-0.4, -0.2) is 28.8 Å². The number of carbonyl (C=O) groups excluding carboxylic acids is 2. The molecule has 0 bridgehead atoms. The predicted octanol–water partition coefficient (Wildman–Crippen LogP) is 5.17. The summed E-state index contributed by atoms with van der Waals surface area (Å²) in [5.74, 6) is -0.157. The summed E-state index contributed by atoms with van der Waals surface area (Å²) in [7, 11) is 0. The summed E-state index contributed by atoms with van der Waals surface area (Å²) >= 11 is 5.99. The zero-order valence-corrected chi connectivity index (χ0v) is 19.2. The summed E-state index contributed by atoms with van der Waals surface area (Å²) < 4.78 is 0. The van der Waals surface area contributed by atoms with Crippen molar-refractivity contribution in [2.75, 3.05) is 0 Å². The van der Waals surface area contributed by atoms with E-state index >= 15 is 0 Å².